The number of hydrogen-bond donors (Lipinski definition) is 3. The van der Waals surface area contributed by atoms with Crippen LogP contribution in [0.25, 0.3) is 0 Å². The van der Waals surface area contributed by atoms with Gasteiger partial charge in [-0.25, -0.2) is 0 Å². The van der Waals surface area contributed by atoms with Gasteiger partial charge in [0.1, 0.15) is 17.6 Å². The molecule has 22 heavy (non-hydrogen) atoms. The number of phenols is 1. The molecular formula is C16H18N2O4. The molecule has 2 rings (SSSR count). The second-order valence-electron chi connectivity index (χ2n) is 4.94. The van der Waals surface area contributed by atoms with Gasteiger partial charge in [-0.2, -0.15) is 0 Å². The minimum Gasteiger partial charge on any atom is -0.508 e. The van der Waals surface area contributed by atoms with Gasteiger partial charge in [0.05, 0.1) is 12.8 Å². The first kappa shape index (κ1) is 15.6. The van der Waals surface area contributed by atoms with Crippen molar-refractivity contribution in [3.63, 3.8) is 0 Å². The highest BCUT2D eigenvalue weighted by Gasteiger charge is 2.18. The lowest BCUT2D eigenvalue weighted by molar-refractivity contribution is -0.122. The highest BCUT2D eigenvalue weighted by atomic mass is 16.3. The Labute approximate surface area is 128 Å². The first-order chi connectivity index (χ1) is 10.5. The van der Waals surface area contributed by atoms with E-state index in [1.165, 1.54) is 12.3 Å². The van der Waals surface area contributed by atoms with Crippen molar-refractivity contribution < 1.29 is 19.1 Å². The first-order valence-corrected chi connectivity index (χ1v) is 6.88. The molecule has 0 aliphatic carbocycles. The maximum Gasteiger partial charge on any atom is 0.252 e. The van der Waals surface area contributed by atoms with Gasteiger partial charge < -0.3 is 20.2 Å². The molecule has 0 radical (unpaired) electrons. The Morgan fingerprint density at radius 2 is 2.05 bits per heavy atom. The fourth-order valence-electron chi connectivity index (χ4n) is 1.95. The second kappa shape index (κ2) is 6.80. The fraction of sp³-hybridized carbons (Fsp3) is 0.250. The van der Waals surface area contributed by atoms with Gasteiger partial charge in [0, 0.05) is 11.1 Å². The lowest BCUT2D eigenvalue weighted by atomic mass is 10.1. The van der Waals surface area contributed by atoms with E-state index in [2.05, 4.69) is 10.6 Å². The SMILES string of the molecule is Cc1c(O)cccc1C(=O)N[C@H](C)C(=O)NCc1ccco1. The number of aromatic hydroxyl groups is 1. The molecule has 1 aromatic heterocycles. The van der Waals surface area contributed by atoms with E-state index in [0.717, 1.165) is 0 Å². The first-order valence-electron chi connectivity index (χ1n) is 6.88. The molecule has 1 atom stereocenters. The highest BCUT2D eigenvalue weighted by molar-refractivity contribution is 5.98. The second-order valence-corrected chi connectivity index (χ2v) is 4.94. The van der Waals surface area contributed by atoms with Crippen molar-refractivity contribution in [1.82, 2.24) is 10.6 Å². The number of carbonyl (C=O) groups is 2. The van der Waals surface area contributed by atoms with Gasteiger partial charge in [0.2, 0.25) is 5.91 Å². The molecule has 1 heterocycles. The summed E-state index contributed by atoms with van der Waals surface area (Å²) in [4.78, 5) is 24.1. The van der Waals surface area contributed by atoms with E-state index in [0.29, 0.717) is 16.9 Å². The lowest BCUT2D eigenvalue weighted by Gasteiger charge is -2.15. The minimum absolute atomic E-state index is 0.0440. The van der Waals surface area contributed by atoms with Crippen LogP contribution in [0.15, 0.2) is 41.0 Å². The average Bonchev–Trinajstić information content (AvgIpc) is 3.00. The monoisotopic (exact) mass is 302 g/mol. The van der Waals surface area contributed by atoms with Crippen LogP contribution >= 0.6 is 0 Å². The maximum atomic E-state index is 12.1. The van der Waals surface area contributed by atoms with Crippen LogP contribution in [0, 0.1) is 6.92 Å². The molecule has 1 aromatic carbocycles. The zero-order chi connectivity index (χ0) is 16.1. The van der Waals surface area contributed by atoms with Crippen molar-refractivity contribution >= 4 is 11.8 Å². The lowest BCUT2D eigenvalue weighted by Crippen LogP contribution is -2.44. The van der Waals surface area contributed by atoms with Crippen LogP contribution in [-0.4, -0.2) is 23.0 Å². The smallest absolute Gasteiger partial charge is 0.252 e. The Balaban J connectivity index is 1.93. The molecule has 0 saturated heterocycles. The van der Waals surface area contributed by atoms with E-state index in [9.17, 15) is 14.7 Å². The van der Waals surface area contributed by atoms with E-state index >= 15 is 0 Å². The van der Waals surface area contributed by atoms with E-state index in [4.69, 9.17) is 4.42 Å². The Kier molecular flexibility index (Phi) is 4.83. The molecule has 0 spiro atoms. The number of phenolic OH excluding ortho intramolecular Hbond substituents is 1. The van der Waals surface area contributed by atoms with Crippen molar-refractivity contribution in [2.24, 2.45) is 0 Å². The number of rotatable bonds is 5. The van der Waals surface area contributed by atoms with Crippen molar-refractivity contribution in [2.75, 3.05) is 0 Å². The molecule has 2 aromatic rings. The van der Waals surface area contributed by atoms with Gasteiger partial charge in [-0.05, 0) is 38.1 Å². The fourth-order valence-corrected chi connectivity index (χ4v) is 1.95. The van der Waals surface area contributed by atoms with Gasteiger partial charge in [-0.15, -0.1) is 0 Å². The average molecular weight is 302 g/mol. The third-order valence-corrected chi connectivity index (χ3v) is 3.31. The molecule has 0 fully saturated rings. The van der Waals surface area contributed by atoms with Crippen molar-refractivity contribution in [3.8, 4) is 5.75 Å². The number of furan rings is 1. The topological polar surface area (TPSA) is 91.6 Å². The predicted octanol–water partition coefficient (Wildman–Crippen LogP) is 1.73. The third-order valence-electron chi connectivity index (χ3n) is 3.31. The van der Waals surface area contributed by atoms with E-state index in [1.807, 2.05) is 0 Å². The van der Waals surface area contributed by atoms with Crippen LogP contribution in [-0.2, 0) is 11.3 Å². The summed E-state index contributed by atoms with van der Waals surface area (Å²) in [5.74, 6) is -0.0464. The Hall–Kier alpha value is -2.76. The van der Waals surface area contributed by atoms with Crippen LogP contribution in [0.1, 0.15) is 28.6 Å². The summed E-state index contributed by atoms with van der Waals surface area (Å²) in [6, 6.07) is 7.46. The van der Waals surface area contributed by atoms with Gasteiger partial charge >= 0.3 is 0 Å². The normalized spacial score (nSPS) is 11.7. The van der Waals surface area contributed by atoms with Crippen LogP contribution in [0.4, 0.5) is 0 Å². The number of benzene rings is 1. The highest BCUT2D eigenvalue weighted by Crippen LogP contribution is 2.19. The maximum absolute atomic E-state index is 12.1. The molecule has 116 valence electrons. The van der Waals surface area contributed by atoms with Crippen LogP contribution in [0.5, 0.6) is 5.75 Å². The molecule has 0 unspecified atom stereocenters. The standard InChI is InChI=1S/C16H18N2O4/c1-10-13(6-3-7-14(10)19)16(21)18-11(2)15(20)17-9-12-5-4-8-22-12/h3-8,11,19H,9H2,1-2H3,(H,17,20)(H,18,21)/t11-/m1/s1. The van der Waals surface area contributed by atoms with Gasteiger partial charge in [0.25, 0.3) is 5.91 Å². The number of carbonyl (C=O) groups excluding carboxylic acids is 2. The van der Waals surface area contributed by atoms with Gasteiger partial charge in [-0.3, -0.25) is 9.59 Å². The molecule has 2 amide bonds. The van der Waals surface area contributed by atoms with Gasteiger partial charge in [-0.1, -0.05) is 6.07 Å². The van der Waals surface area contributed by atoms with Gasteiger partial charge in [0.15, 0.2) is 0 Å². The molecule has 3 N–H and O–H groups in total. The summed E-state index contributed by atoms with van der Waals surface area (Å²) in [5.41, 5.74) is 0.814. The summed E-state index contributed by atoms with van der Waals surface area (Å²) in [7, 11) is 0. The molecule has 6 heteroatoms. The Morgan fingerprint density at radius 3 is 2.73 bits per heavy atom. The summed E-state index contributed by atoms with van der Waals surface area (Å²) >= 11 is 0. The zero-order valence-electron chi connectivity index (χ0n) is 12.4. The summed E-state index contributed by atoms with van der Waals surface area (Å²) < 4.78 is 5.11. The molecule has 0 aliphatic heterocycles. The molecular weight excluding hydrogens is 284 g/mol. The zero-order valence-corrected chi connectivity index (χ0v) is 12.4. The summed E-state index contributed by atoms with van der Waals surface area (Å²) in [6.07, 6.45) is 1.53. The van der Waals surface area contributed by atoms with Crippen LogP contribution in [0.2, 0.25) is 0 Å². The largest absolute Gasteiger partial charge is 0.508 e. The van der Waals surface area contributed by atoms with Crippen molar-refractivity contribution in [2.45, 2.75) is 26.4 Å². The molecule has 6 nitrogen and oxygen atoms in total. The summed E-state index contributed by atoms with van der Waals surface area (Å²) in [5, 5.41) is 14.9. The van der Waals surface area contributed by atoms with E-state index in [-0.39, 0.29) is 18.2 Å². The Morgan fingerprint density at radius 1 is 1.27 bits per heavy atom. The van der Waals surface area contributed by atoms with Crippen molar-refractivity contribution in [3.05, 3.63) is 53.5 Å². The molecule has 0 saturated carbocycles. The molecule has 0 bridgehead atoms. The minimum atomic E-state index is -0.704. The van der Waals surface area contributed by atoms with Crippen molar-refractivity contribution in [1.29, 1.82) is 0 Å². The Bertz CT molecular complexity index is 665. The number of hydrogen-bond acceptors (Lipinski definition) is 4. The quantitative estimate of drug-likeness (QED) is 0.784. The third kappa shape index (κ3) is 3.66. The van der Waals surface area contributed by atoms with E-state index in [1.54, 1.807) is 38.1 Å². The number of nitrogens with one attached hydrogen (secondary N) is 2. The molecule has 0 aliphatic rings. The van der Waals surface area contributed by atoms with Crippen LogP contribution in [0.3, 0.4) is 0 Å². The van der Waals surface area contributed by atoms with E-state index < -0.39 is 11.9 Å². The van der Waals surface area contributed by atoms with Crippen LogP contribution < -0.4 is 10.6 Å². The predicted molar refractivity (Wildman–Crippen MR) is 80.3 cm³/mol. The number of amides is 2. The summed E-state index contributed by atoms with van der Waals surface area (Å²) in [6.45, 7) is 3.50.